The first-order valence-electron chi connectivity index (χ1n) is 5.63. The van der Waals surface area contributed by atoms with E-state index in [1.54, 1.807) is 0 Å². The van der Waals surface area contributed by atoms with E-state index < -0.39 is 0 Å². The highest BCUT2D eigenvalue weighted by Crippen LogP contribution is 2.31. The van der Waals surface area contributed by atoms with E-state index in [1.165, 1.54) is 40.7 Å². The van der Waals surface area contributed by atoms with E-state index in [0.29, 0.717) is 0 Å². The summed E-state index contributed by atoms with van der Waals surface area (Å²) in [6, 6.07) is 6.53. The quantitative estimate of drug-likeness (QED) is 0.626. The molecule has 0 heterocycles. The summed E-state index contributed by atoms with van der Waals surface area (Å²) in [5.41, 5.74) is 7.17. The van der Waals surface area contributed by atoms with Crippen LogP contribution in [0, 0.1) is 13.8 Å². The second kappa shape index (κ2) is 4.06. The van der Waals surface area contributed by atoms with Crippen LogP contribution in [0.15, 0.2) is 35.9 Å². The summed E-state index contributed by atoms with van der Waals surface area (Å²) < 4.78 is 0. The van der Waals surface area contributed by atoms with Crippen molar-refractivity contribution in [1.29, 1.82) is 0 Å². The SMILES string of the molecule is CC1=C(c2c(C)cccc2C)C=CCC1. The Morgan fingerprint density at radius 2 is 1.67 bits per heavy atom. The fourth-order valence-electron chi connectivity index (χ4n) is 2.31. The number of hydrogen-bond donors (Lipinski definition) is 0. The lowest BCUT2D eigenvalue weighted by molar-refractivity contribution is 0.966. The molecule has 0 saturated heterocycles. The van der Waals surface area contributed by atoms with Crippen molar-refractivity contribution in [3.63, 3.8) is 0 Å². The zero-order chi connectivity index (χ0) is 10.8. The number of allylic oxidation sites excluding steroid dienone is 4. The maximum absolute atomic E-state index is 2.29. The predicted molar refractivity (Wildman–Crippen MR) is 66.9 cm³/mol. The van der Waals surface area contributed by atoms with Gasteiger partial charge in [-0.25, -0.2) is 0 Å². The summed E-state index contributed by atoms with van der Waals surface area (Å²) in [6.07, 6.45) is 6.97. The van der Waals surface area contributed by atoms with Gasteiger partial charge < -0.3 is 0 Å². The van der Waals surface area contributed by atoms with Crippen LogP contribution in [0.1, 0.15) is 36.5 Å². The highest BCUT2D eigenvalue weighted by Gasteiger charge is 2.10. The molecular formula is C15H18. The summed E-state index contributed by atoms with van der Waals surface area (Å²) in [6.45, 7) is 6.65. The molecule has 1 aromatic carbocycles. The molecule has 0 radical (unpaired) electrons. The molecule has 78 valence electrons. The van der Waals surface area contributed by atoms with Crippen LogP contribution >= 0.6 is 0 Å². The van der Waals surface area contributed by atoms with Gasteiger partial charge in [0.15, 0.2) is 0 Å². The molecule has 0 fully saturated rings. The van der Waals surface area contributed by atoms with Crippen LogP contribution in [-0.4, -0.2) is 0 Å². The molecule has 1 aliphatic rings. The smallest absolute Gasteiger partial charge is 0.0126 e. The van der Waals surface area contributed by atoms with Crippen LogP contribution in [0.2, 0.25) is 0 Å². The molecule has 0 unspecified atom stereocenters. The van der Waals surface area contributed by atoms with Crippen LogP contribution in [0.4, 0.5) is 0 Å². The molecule has 1 aromatic rings. The number of rotatable bonds is 1. The van der Waals surface area contributed by atoms with Crippen molar-refractivity contribution >= 4 is 5.57 Å². The Balaban J connectivity index is 2.59. The second-order valence-corrected chi connectivity index (χ2v) is 4.40. The number of aryl methyl sites for hydroxylation is 2. The van der Waals surface area contributed by atoms with Crippen molar-refractivity contribution in [2.24, 2.45) is 0 Å². The monoisotopic (exact) mass is 198 g/mol. The number of benzene rings is 1. The zero-order valence-corrected chi connectivity index (χ0v) is 9.80. The third kappa shape index (κ3) is 1.90. The lowest BCUT2D eigenvalue weighted by Crippen LogP contribution is -1.96. The van der Waals surface area contributed by atoms with Gasteiger partial charge in [0.05, 0.1) is 0 Å². The topological polar surface area (TPSA) is 0 Å². The van der Waals surface area contributed by atoms with E-state index in [4.69, 9.17) is 0 Å². The molecule has 15 heavy (non-hydrogen) atoms. The van der Waals surface area contributed by atoms with E-state index in [0.717, 1.165) is 0 Å². The van der Waals surface area contributed by atoms with Gasteiger partial charge in [0.2, 0.25) is 0 Å². The van der Waals surface area contributed by atoms with Gasteiger partial charge >= 0.3 is 0 Å². The Morgan fingerprint density at radius 1 is 1.00 bits per heavy atom. The van der Waals surface area contributed by atoms with Crippen molar-refractivity contribution in [3.05, 3.63) is 52.6 Å². The molecule has 0 aliphatic heterocycles. The Bertz CT molecular complexity index is 413. The van der Waals surface area contributed by atoms with E-state index in [1.807, 2.05) is 0 Å². The first-order valence-corrected chi connectivity index (χ1v) is 5.63. The summed E-state index contributed by atoms with van der Waals surface area (Å²) in [5, 5.41) is 0. The molecule has 2 rings (SSSR count). The van der Waals surface area contributed by atoms with Gasteiger partial charge in [-0.2, -0.15) is 0 Å². The van der Waals surface area contributed by atoms with E-state index in [2.05, 4.69) is 51.1 Å². The normalized spacial score (nSPS) is 15.9. The summed E-state index contributed by atoms with van der Waals surface area (Å²) in [4.78, 5) is 0. The largest absolute Gasteiger partial charge is 0.0836 e. The van der Waals surface area contributed by atoms with Gasteiger partial charge in [0, 0.05) is 0 Å². The Kier molecular flexibility index (Phi) is 2.77. The van der Waals surface area contributed by atoms with Crippen LogP contribution in [0.3, 0.4) is 0 Å². The average molecular weight is 198 g/mol. The summed E-state index contributed by atoms with van der Waals surface area (Å²) in [5.74, 6) is 0. The molecule has 0 nitrogen and oxygen atoms in total. The molecule has 0 heteroatoms. The minimum absolute atomic E-state index is 1.19. The van der Waals surface area contributed by atoms with Crippen molar-refractivity contribution in [2.45, 2.75) is 33.6 Å². The van der Waals surface area contributed by atoms with Crippen molar-refractivity contribution in [3.8, 4) is 0 Å². The van der Waals surface area contributed by atoms with Gasteiger partial charge in [0.25, 0.3) is 0 Å². The highest BCUT2D eigenvalue weighted by molar-refractivity contribution is 5.80. The molecule has 0 spiro atoms. The van der Waals surface area contributed by atoms with E-state index in [9.17, 15) is 0 Å². The maximum Gasteiger partial charge on any atom is -0.0126 e. The van der Waals surface area contributed by atoms with Gasteiger partial charge in [-0.3, -0.25) is 0 Å². The highest BCUT2D eigenvalue weighted by atomic mass is 14.2. The first-order chi connectivity index (χ1) is 7.20. The van der Waals surface area contributed by atoms with Crippen LogP contribution in [-0.2, 0) is 0 Å². The van der Waals surface area contributed by atoms with Crippen LogP contribution < -0.4 is 0 Å². The van der Waals surface area contributed by atoms with Crippen molar-refractivity contribution in [2.75, 3.05) is 0 Å². The van der Waals surface area contributed by atoms with Gasteiger partial charge in [-0.15, -0.1) is 0 Å². The Labute approximate surface area is 92.3 Å². The molecule has 0 atom stereocenters. The van der Waals surface area contributed by atoms with Gasteiger partial charge in [-0.1, -0.05) is 35.9 Å². The van der Waals surface area contributed by atoms with Crippen LogP contribution in [0.5, 0.6) is 0 Å². The predicted octanol–water partition coefficient (Wildman–Crippen LogP) is 4.43. The van der Waals surface area contributed by atoms with E-state index >= 15 is 0 Å². The van der Waals surface area contributed by atoms with Crippen LogP contribution in [0.25, 0.3) is 5.57 Å². The number of hydrogen-bond acceptors (Lipinski definition) is 0. The minimum atomic E-state index is 1.19. The molecule has 0 bridgehead atoms. The molecule has 0 N–H and O–H groups in total. The fourth-order valence-corrected chi connectivity index (χ4v) is 2.31. The fraction of sp³-hybridized carbons (Fsp3) is 0.333. The molecule has 1 aliphatic carbocycles. The maximum atomic E-state index is 2.29. The van der Waals surface area contributed by atoms with Crippen molar-refractivity contribution < 1.29 is 0 Å². The molecular weight excluding hydrogens is 180 g/mol. The van der Waals surface area contributed by atoms with Gasteiger partial charge in [-0.05, 0) is 55.9 Å². The Morgan fingerprint density at radius 3 is 2.27 bits per heavy atom. The minimum Gasteiger partial charge on any atom is -0.0836 e. The summed E-state index contributed by atoms with van der Waals surface area (Å²) >= 11 is 0. The third-order valence-corrected chi connectivity index (χ3v) is 3.18. The van der Waals surface area contributed by atoms with Crippen molar-refractivity contribution in [1.82, 2.24) is 0 Å². The molecule has 0 aromatic heterocycles. The lowest BCUT2D eigenvalue weighted by Gasteiger charge is -2.17. The molecule has 0 saturated carbocycles. The van der Waals surface area contributed by atoms with E-state index in [-0.39, 0.29) is 0 Å². The second-order valence-electron chi connectivity index (χ2n) is 4.40. The lowest BCUT2D eigenvalue weighted by atomic mass is 9.88. The third-order valence-electron chi connectivity index (χ3n) is 3.18. The zero-order valence-electron chi connectivity index (χ0n) is 9.80. The Hall–Kier alpha value is -1.30. The average Bonchev–Trinajstić information content (AvgIpc) is 2.20. The summed E-state index contributed by atoms with van der Waals surface area (Å²) in [7, 11) is 0. The molecule has 0 amide bonds. The first kappa shape index (κ1) is 10.2. The van der Waals surface area contributed by atoms with Gasteiger partial charge in [0.1, 0.15) is 0 Å². The standard InChI is InChI=1S/C15H18/c1-11-7-4-5-10-14(11)15-12(2)8-6-9-13(15)3/h5-6,8-10H,4,7H2,1-3H3.